The fourth-order valence-corrected chi connectivity index (χ4v) is 2.63. The van der Waals surface area contributed by atoms with Gasteiger partial charge in [-0.3, -0.25) is 4.99 Å². The Morgan fingerprint density at radius 3 is 2.17 bits per heavy atom. The number of sulfone groups is 1. The molecule has 6 nitrogen and oxygen atoms in total. The van der Waals surface area contributed by atoms with Crippen molar-refractivity contribution in [3.63, 3.8) is 0 Å². The molecule has 0 fully saturated rings. The molecule has 8 heteroatoms. The van der Waals surface area contributed by atoms with Crippen LogP contribution in [0.2, 0.25) is 0 Å². The van der Waals surface area contributed by atoms with E-state index < -0.39 is 9.84 Å². The van der Waals surface area contributed by atoms with Crippen molar-refractivity contribution in [2.75, 3.05) is 27.0 Å². The molecule has 1 aromatic rings. The SMILES string of the molecule is CN=C(NCc1ccc(CS(C)(=O)=O)cc1)NCC(C)(C)OC.I. The van der Waals surface area contributed by atoms with Gasteiger partial charge in [-0.05, 0) is 25.0 Å². The summed E-state index contributed by atoms with van der Waals surface area (Å²) in [5.74, 6) is 0.756. The third kappa shape index (κ3) is 9.43. The zero-order valence-electron chi connectivity index (χ0n) is 14.9. The van der Waals surface area contributed by atoms with Crippen LogP contribution in [0, 0.1) is 0 Å². The summed E-state index contributed by atoms with van der Waals surface area (Å²) in [6.07, 6.45) is 1.24. The Bertz CT molecular complexity index is 628. The Morgan fingerprint density at radius 1 is 1.17 bits per heavy atom. The molecule has 0 atom stereocenters. The molecular formula is C16H28IN3O3S. The van der Waals surface area contributed by atoms with E-state index in [0.717, 1.165) is 11.1 Å². The number of hydrogen-bond acceptors (Lipinski definition) is 4. The second-order valence-corrected chi connectivity index (χ2v) is 8.27. The number of benzene rings is 1. The molecule has 0 aliphatic rings. The largest absolute Gasteiger partial charge is 0.377 e. The highest BCUT2D eigenvalue weighted by Crippen LogP contribution is 2.08. The van der Waals surface area contributed by atoms with Crippen LogP contribution in [0.15, 0.2) is 29.3 Å². The number of nitrogens with zero attached hydrogens (tertiary/aromatic N) is 1. The third-order valence-corrected chi connectivity index (χ3v) is 4.23. The third-order valence-electron chi connectivity index (χ3n) is 3.37. The summed E-state index contributed by atoms with van der Waals surface area (Å²) in [4.78, 5) is 4.17. The minimum Gasteiger partial charge on any atom is -0.377 e. The molecular weight excluding hydrogens is 441 g/mol. The number of aliphatic imine (C=N–C) groups is 1. The highest BCUT2D eigenvalue weighted by molar-refractivity contribution is 14.0. The number of halogens is 1. The van der Waals surface area contributed by atoms with Crippen molar-refractivity contribution in [2.24, 2.45) is 4.99 Å². The average Bonchev–Trinajstić information content (AvgIpc) is 2.47. The van der Waals surface area contributed by atoms with E-state index in [2.05, 4.69) is 15.6 Å². The van der Waals surface area contributed by atoms with Crippen molar-refractivity contribution in [3.05, 3.63) is 35.4 Å². The molecule has 24 heavy (non-hydrogen) atoms. The van der Waals surface area contributed by atoms with E-state index in [4.69, 9.17) is 4.74 Å². The van der Waals surface area contributed by atoms with Crippen LogP contribution >= 0.6 is 24.0 Å². The van der Waals surface area contributed by atoms with Crippen molar-refractivity contribution >= 4 is 39.8 Å². The normalized spacial score (nSPS) is 12.5. The number of hydrogen-bond donors (Lipinski definition) is 2. The van der Waals surface area contributed by atoms with Gasteiger partial charge in [0.2, 0.25) is 0 Å². The van der Waals surface area contributed by atoms with Gasteiger partial charge in [0.25, 0.3) is 0 Å². The maximum Gasteiger partial charge on any atom is 0.191 e. The van der Waals surface area contributed by atoms with Crippen LogP contribution in [-0.4, -0.2) is 46.9 Å². The average molecular weight is 469 g/mol. The Hall–Kier alpha value is -0.870. The van der Waals surface area contributed by atoms with E-state index in [1.54, 1.807) is 14.2 Å². The lowest BCUT2D eigenvalue weighted by atomic mass is 10.1. The van der Waals surface area contributed by atoms with E-state index in [1.165, 1.54) is 6.26 Å². The van der Waals surface area contributed by atoms with Crippen molar-refractivity contribution in [1.82, 2.24) is 10.6 Å². The number of rotatable bonds is 7. The van der Waals surface area contributed by atoms with Gasteiger partial charge in [-0.25, -0.2) is 8.42 Å². The number of ether oxygens (including phenoxy) is 1. The van der Waals surface area contributed by atoms with E-state index >= 15 is 0 Å². The van der Waals surface area contributed by atoms with Crippen LogP contribution in [-0.2, 0) is 26.9 Å². The van der Waals surface area contributed by atoms with E-state index in [0.29, 0.717) is 19.0 Å². The molecule has 0 amide bonds. The fraction of sp³-hybridized carbons (Fsp3) is 0.562. The topological polar surface area (TPSA) is 79.8 Å². The molecule has 0 radical (unpaired) electrons. The smallest absolute Gasteiger partial charge is 0.191 e. The fourth-order valence-electron chi connectivity index (χ4n) is 1.83. The van der Waals surface area contributed by atoms with Gasteiger partial charge in [-0.1, -0.05) is 24.3 Å². The molecule has 0 bridgehead atoms. The summed E-state index contributed by atoms with van der Waals surface area (Å²) in [6.45, 7) is 5.23. The first-order valence-corrected chi connectivity index (χ1v) is 9.46. The Morgan fingerprint density at radius 2 is 1.71 bits per heavy atom. The van der Waals surface area contributed by atoms with E-state index in [-0.39, 0.29) is 35.3 Å². The second-order valence-electron chi connectivity index (χ2n) is 6.13. The second kappa shape index (κ2) is 10.2. The van der Waals surface area contributed by atoms with Gasteiger partial charge in [0.05, 0.1) is 11.4 Å². The minimum atomic E-state index is -3.00. The highest BCUT2D eigenvalue weighted by atomic mass is 127. The molecule has 0 heterocycles. The van der Waals surface area contributed by atoms with Crippen molar-refractivity contribution in [1.29, 1.82) is 0 Å². The predicted octanol–water partition coefficient (Wildman–Crippen LogP) is 1.94. The number of methoxy groups -OCH3 is 1. The predicted molar refractivity (Wildman–Crippen MR) is 110 cm³/mol. The van der Waals surface area contributed by atoms with Gasteiger partial charge >= 0.3 is 0 Å². The molecule has 0 aliphatic carbocycles. The van der Waals surface area contributed by atoms with Crippen LogP contribution in [0.4, 0.5) is 0 Å². The summed E-state index contributed by atoms with van der Waals surface area (Å²) in [6, 6.07) is 7.50. The molecule has 0 saturated heterocycles. The molecule has 0 spiro atoms. The van der Waals surface area contributed by atoms with Gasteiger partial charge in [-0.2, -0.15) is 0 Å². The standard InChI is InChI=1S/C16H27N3O3S.HI/c1-16(2,22-4)12-19-15(17-3)18-10-13-6-8-14(9-7-13)11-23(5,20)21;/h6-9H,10-12H2,1-5H3,(H2,17,18,19);1H. The van der Waals surface area contributed by atoms with Crippen LogP contribution < -0.4 is 10.6 Å². The molecule has 0 unspecified atom stereocenters. The molecule has 1 aromatic carbocycles. The van der Waals surface area contributed by atoms with Crippen LogP contribution in [0.5, 0.6) is 0 Å². The molecule has 2 N–H and O–H groups in total. The Kier molecular flexibility index (Phi) is 9.83. The monoisotopic (exact) mass is 469 g/mol. The van der Waals surface area contributed by atoms with Gasteiger partial charge < -0.3 is 15.4 Å². The molecule has 1 rings (SSSR count). The molecule has 0 aliphatic heterocycles. The highest BCUT2D eigenvalue weighted by Gasteiger charge is 2.16. The maximum atomic E-state index is 11.3. The first kappa shape index (κ1) is 23.1. The lowest BCUT2D eigenvalue weighted by molar-refractivity contribution is 0.0268. The quantitative estimate of drug-likeness (QED) is 0.363. The van der Waals surface area contributed by atoms with Crippen LogP contribution in [0.3, 0.4) is 0 Å². The zero-order chi connectivity index (χ0) is 17.5. The first-order valence-electron chi connectivity index (χ1n) is 7.40. The summed E-state index contributed by atoms with van der Waals surface area (Å²) < 4.78 is 27.9. The van der Waals surface area contributed by atoms with Crippen molar-refractivity contribution in [3.8, 4) is 0 Å². The summed E-state index contributed by atoms with van der Waals surface area (Å²) >= 11 is 0. The Labute approximate surface area is 162 Å². The lowest BCUT2D eigenvalue weighted by Gasteiger charge is -2.24. The first-order chi connectivity index (χ1) is 10.6. The number of guanidine groups is 1. The summed E-state index contributed by atoms with van der Waals surface area (Å²) in [5.41, 5.74) is 1.57. The van der Waals surface area contributed by atoms with E-state index in [1.807, 2.05) is 38.1 Å². The summed E-state index contributed by atoms with van der Waals surface area (Å²) in [7, 11) is 0.389. The van der Waals surface area contributed by atoms with Gasteiger partial charge in [0.15, 0.2) is 15.8 Å². The minimum absolute atomic E-state index is 0. The van der Waals surface area contributed by atoms with E-state index in [9.17, 15) is 8.42 Å². The maximum absolute atomic E-state index is 11.3. The van der Waals surface area contributed by atoms with Gasteiger partial charge in [0, 0.05) is 33.5 Å². The van der Waals surface area contributed by atoms with Crippen LogP contribution in [0.25, 0.3) is 0 Å². The Balaban J connectivity index is 0.00000529. The van der Waals surface area contributed by atoms with Crippen molar-refractivity contribution < 1.29 is 13.2 Å². The van der Waals surface area contributed by atoms with Gasteiger partial charge in [-0.15, -0.1) is 24.0 Å². The van der Waals surface area contributed by atoms with Gasteiger partial charge in [0.1, 0.15) is 0 Å². The molecule has 138 valence electrons. The van der Waals surface area contributed by atoms with Crippen LogP contribution in [0.1, 0.15) is 25.0 Å². The lowest BCUT2D eigenvalue weighted by Crippen LogP contribution is -2.45. The zero-order valence-corrected chi connectivity index (χ0v) is 18.1. The summed E-state index contributed by atoms with van der Waals surface area (Å²) in [5, 5.41) is 6.42. The molecule has 0 aromatic heterocycles. The van der Waals surface area contributed by atoms with Crippen molar-refractivity contribution in [2.45, 2.75) is 31.7 Å². The number of nitrogens with one attached hydrogen (secondary N) is 2. The molecule has 0 saturated carbocycles.